The molecule has 0 bridgehead atoms. The second kappa shape index (κ2) is 7.98. The fraction of sp³-hybridized carbons (Fsp3) is 0.300. The number of aromatic nitrogens is 1. The van der Waals surface area contributed by atoms with E-state index in [1.54, 1.807) is 31.5 Å². The second-order valence-corrected chi connectivity index (χ2v) is 6.20. The van der Waals surface area contributed by atoms with Crippen molar-refractivity contribution in [3.05, 3.63) is 65.2 Å². The molecular weight excluding hydrogens is 335 g/mol. The van der Waals surface area contributed by atoms with Gasteiger partial charge in [-0.05, 0) is 42.7 Å². The van der Waals surface area contributed by atoms with E-state index in [0.29, 0.717) is 24.0 Å². The van der Waals surface area contributed by atoms with Gasteiger partial charge in [-0.15, -0.1) is 0 Å². The lowest BCUT2D eigenvalue weighted by Gasteiger charge is -2.17. The number of nitrogens with one attached hydrogen (secondary N) is 1. The van der Waals surface area contributed by atoms with Crippen molar-refractivity contribution in [2.45, 2.75) is 38.0 Å². The lowest BCUT2D eigenvalue weighted by Crippen LogP contribution is -2.19. The molecule has 1 aliphatic rings. The van der Waals surface area contributed by atoms with Gasteiger partial charge in [-0.1, -0.05) is 24.0 Å². The van der Waals surface area contributed by atoms with Gasteiger partial charge in [0.25, 0.3) is 0 Å². The average molecular weight is 354 g/mol. The molecular formula is C20H19FN2O3. The van der Waals surface area contributed by atoms with E-state index < -0.39 is 18.2 Å². The van der Waals surface area contributed by atoms with Gasteiger partial charge in [0.05, 0.1) is 6.10 Å². The van der Waals surface area contributed by atoms with Crippen molar-refractivity contribution >= 4 is 6.09 Å². The molecule has 6 heteroatoms. The van der Waals surface area contributed by atoms with Gasteiger partial charge in [-0.3, -0.25) is 4.98 Å². The van der Waals surface area contributed by atoms with Crippen molar-refractivity contribution in [3.63, 3.8) is 0 Å². The number of ether oxygens (including phenoxy) is 1. The number of halogens is 1. The molecule has 3 atom stereocenters. The SMILES string of the molecule is C[C@H](O)CCC#Cc1cncc([C@H]2NC(=O)O[C@@H]2c2cccc(F)c2)c1. The molecule has 1 aromatic carbocycles. The summed E-state index contributed by atoms with van der Waals surface area (Å²) in [4.78, 5) is 15.9. The number of alkyl carbamates (subject to hydrolysis) is 1. The summed E-state index contributed by atoms with van der Waals surface area (Å²) in [6.07, 6.45) is 2.87. The molecule has 26 heavy (non-hydrogen) atoms. The first-order valence-corrected chi connectivity index (χ1v) is 8.37. The normalized spacial score (nSPS) is 19.9. The number of carbonyl (C=O) groups excluding carboxylic acids is 1. The number of nitrogens with zero attached hydrogens (tertiary/aromatic N) is 1. The molecule has 0 radical (unpaired) electrons. The van der Waals surface area contributed by atoms with Gasteiger partial charge < -0.3 is 15.2 Å². The highest BCUT2D eigenvalue weighted by Gasteiger charge is 2.36. The number of benzene rings is 1. The molecule has 1 fully saturated rings. The van der Waals surface area contributed by atoms with Crippen molar-refractivity contribution in [1.29, 1.82) is 0 Å². The molecule has 0 aliphatic carbocycles. The zero-order valence-electron chi connectivity index (χ0n) is 14.3. The first-order valence-electron chi connectivity index (χ1n) is 8.37. The Morgan fingerprint density at radius 1 is 1.35 bits per heavy atom. The highest BCUT2D eigenvalue weighted by molar-refractivity contribution is 5.71. The molecule has 134 valence electrons. The highest BCUT2D eigenvalue weighted by Crippen LogP contribution is 2.36. The number of cyclic esters (lactones) is 1. The minimum absolute atomic E-state index is 0.383. The third-order valence-corrected chi connectivity index (χ3v) is 4.03. The Labute approximate surface area is 151 Å². The van der Waals surface area contributed by atoms with Crippen LogP contribution in [0.5, 0.6) is 0 Å². The van der Waals surface area contributed by atoms with Crippen molar-refractivity contribution in [2.24, 2.45) is 0 Å². The maximum Gasteiger partial charge on any atom is 0.408 e. The van der Waals surface area contributed by atoms with E-state index in [0.717, 1.165) is 5.56 Å². The second-order valence-electron chi connectivity index (χ2n) is 6.20. The Hall–Kier alpha value is -2.91. The molecule has 0 spiro atoms. The molecule has 2 heterocycles. The first-order chi connectivity index (χ1) is 12.5. The topological polar surface area (TPSA) is 71.5 Å². The summed E-state index contributed by atoms with van der Waals surface area (Å²) >= 11 is 0. The number of pyridine rings is 1. The van der Waals surface area contributed by atoms with E-state index in [9.17, 15) is 14.3 Å². The molecule has 2 aromatic rings. The standard InChI is InChI=1S/C20H19FN2O3/c1-13(24)5-2-3-6-14-9-16(12-22-11-14)18-19(26-20(25)23-18)15-7-4-8-17(21)10-15/h4,7-13,18-19,24H,2,5H2,1H3,(H,23,25)/t13-,18+,19+/m0/s1. The van der Waals surface area contributed by atoms with Gasteiger partial charge in [0.15, 0.2) is 6.10 Å². The van der Waals surface area contributed by atoms with Gasteiger partial charge in [-0.25, -0.2) is 9.18 Å². The molecule has 3 rings (SSSR count). The van der Waals surface area contributed by atoms with Gasteiger partial charge in [-0.2, -0.15) is 0 Å². The van der Waals surface area contributed by atoms with Crippen molar-refractivity contribution in [2.75, 3.05) is 0 Å². The number of rotatable bonds is 4. The first kappa shape index (κ1) is 17.9. The predicted octanol–water partition coefficient (Wildman–Crippen LogP) is 3.26. The number of hydrogen-bond donors (Lipinski definition) is 2. The summed E-state index contributed by atoms with van der Waals surface area (Å²) < 4.78 is 18.9. The van der Waals surface area contributed by atoms with E-state index in [1.807, 2.05) is 6.07 Å². The molecule has 0 unspecified atom stereocenters. The van der Waals surface area contributed by atoms with E-state index in [4.69, 9.17) is 4.74 Å². The van der Waals surface area contributed by atoms with Crippen LogP contribution in [0, 0.1) is 17.7 Å². The molecule has 0 saturated carbocycles. The average Bonchev–Trinajstić information content (AvgIpc) is 3.01. The van der Waals surface area contributed by atoms with Crippen LogP contribution in [0.4, 0.5) is 9.18 Å². The third-order valence-electron chi connectivity index (χ3n) is 4.03. The van der Waals surface area contributed by atoms with E-state index in [-0.39, 0.29) is 11.9 Å². The summed E-state index contributed by atoms with van der Waals surface area (Å²) in [6.45, 7) is 1.72. The smallest absolute Gasteiger partial charge is 0.408 e. The van der Waals surface area contributed by atoms with Crippen LogP contribution < -0.4 is 5.32 Å². The van der Waals surface area contributed by atoms with E-state index >= 15 is 0 Å². The number of aliphatic hydroxyl groups is 1. The van der Waals surface area contributed by atoms with Gasteiger partial charge in [0.2, 0.25) is 0 Å². The quantitative estimate of drug-likeness (QED) is 0.827. The van der Waals surface area contributed by atoms with Crippen LogP contribution in [0.2, 0.25) is 0 Å². The largest absolute Gasteiger partial charge is 0.439 e. The fourth-order valence-corrected chi connectivity index (χ4v) is 2.76. The van der Waals surface area contributed by atoms with Crippen LogP contribution >= 0.6 is 0 Å². The van der Waals surface area contributed by atoms with Crippen LogP contribution in [0.1, 0.15) is 48.6 Å². The lowest BCUT2D eigenvalue weighted by molar-refractivity contribution is 0.132. The van der Waals surface area contributed by atoms with Gasteiger partial charge >= 0.3 is 6.09 Å². The Kier molecular flexibility index (Phi) is 5.49. The summed E-state index contributed by atoms with van der Waals surface area (Å²) in [5.41, 5.74) is 2.00. The Morgan fingerprint density at radius 3 is 2.96 bits per heavy atom. The summed E-state index contributed by atoms with van der Waals surface area (Å²) in [7, 11) is 0. The third kappa shape index (κ3) is 4.38. The summed E-state index contributed by atoms with van der Waals surface area (Å²) in [5, 5.41) is 12.0. The van der Waals surface area contributed by atoms with Gasteiger partial charge in [0, 0.05) is 24.4 Å². The molecule has 1 aromatic heterocycles. The van der Waals surface area contributed by atoms with Crippen molar-refractivity contribution in [3.8, 4) is 11.8 Å². The molecule has 5 nitrogen and oxygen atoms in total. The lowest BCUT2D eigenvalue weighted by atomic mass is 9.97. The minimum Gasteiger partial charge on any atom is -0.439 e. The van der Waals surface area contributed by atoms with Gasteiger partial charge in [0.1, 0.15) is 11.9 Å². The number of amides is 1. The van der Waals surface area contributed by atoms with E-state index in [1.165, 1.54) is 12.1 Å². The van der Waals surface area contributed by atoms with Crippen LogP contribution in [0.3, 0.4) is 0 Å². The maximum absolute atomic E-state index is 13.5. The molecule has 1 saturated heterocycles. The Balaban J connectivity index is 1.82. The number of hydrogen-bond acceptors (Lipinski definition) is 4. The Bertz CT molecular complexity index is 857. The maximum atomic E-state index is 13.5. The predicted molar refractivity (Wildman–Crippen MR) is 93.5 cm³/mol. The zero-order valence-corrected chi connectivity index (χ0v) is 14.3. The molecule has 1 aliphatic heterocycles. The van der Waals surface area contributed by atoms with Crippen LogP contribution in [0.15, 0.2) is 42.7 Å². The number of aliphatic hydroxyl groups excluding tert-OH is 1. The van der Waals surface area contributed by atoms with Crippen LogP contribution in [-0.2, 0) is 4.74 Å². The summed E-state index contributed by atoms with van der Waals surface area (Å²) in [5.74, 6) is 5.60. The Morgan fingerprint density at radius 2 is 2.19 bits per heavy atom. The van der Waals surface area contributed by atoms with Crippen LogP contribution in [0.25, 0.3) is 0 Å². The van der Waals surface area contributed by atoms with Crippen LogP contribution in [-0.4, -0.2) is 22.3 Å². The molecule has 1 amide bonds. The monoisotopic (exact) mass is 354 g/mol. The zero-order chi connectivity index (χ0) is 18.5. The number of carbonyl (C=O) groups is 1. The van der Waals surface area contributed by atoms with Crippen molar-refractivity contribution < 1.29 is 19.0 Å². The molecule has 2 N–H and O–H groups in total. The minimum atomic E-state index is -0.640. The summed E-state index contributed by atoms with van der Waals surface area (Å²) in [6, 6.07) is 7.34. The highest BCUT2D eigenvalue weighted by atomic mass is 19.1. The fourth-order valence-electron chi connectivity index (χ4n) is 2.76. The van der Waals surface area contributed by atoms with Crippen molar-refractivity contribution in [1.82, 2.24) is 10.3 Å². The van der Waals surface area contributed by atoms with E-state index in [2.05, 4.69) is 22.1 Å².